The normalized spacial score (nSPS) is 18.8. The van der Waals surface area contributed by atoms with Gasteiger partial charge in [-0.05, 0) is 43.9 Å². The van der Waals surface area contributed by atoms with Gasteiger partial charge in [-0.25, -0.2) is 0 Å². The van der Waals surface area contributed by atoms with E-state index in [1.165, 1.54) is 0 Å². The zero-order valence-electron chi connectivity index (χ0n) is 22.1. The molecule has 5 nitrogen and oxygen atoms in total. The lowest BCUT2D eigenvalue weighted by Crippen LogP contribution is -2.39. The fourth-order valence-corrected chi connectivity index (χ4v) is 4.19. The van der Waals surface area contributed by atoms with Crippen LogP contribution in [0.1, 0.15) is 93.9 Å². The molecule has 0 saturated carbocycles. The maximum atomic E-state index is 12.4. The Hall–Kier alpha value is -0.650. The summed E-state index contributed by atoms with van der Waals surface area (Å²) >= 11 is 0. The van der Waals surface area contributed by atoms with Crippen LogP contribution < -0.4 is 0 Å². The predicted octanol–water partition coefficient (Wildman–Crippen LogP) is 6.28. The standard InChI is InChI=1S/C26H52O5/c1-11-16-30-22(13-3)17-24(28-9)20(7)14-15-23(31-26(27)18(4)5)21(8)25(29-10)19(6)12-2/h18-25H,11-17H2,1-10H3/t19-,20+,21+,22-,23-,24+,25-/m1/s1. The highest BCUT2D eigenvalue weighted by atomic mass is 16.5. The summed E-state index contributed by atoms with van der Waals surface area (Å²) in [6, 6.07) is 0. The molecule has 0 fully saturated rings. The Balaban J connectivity index is 5.21. The van der Waals surface area contributed by atoms with Gasteiger partial charge in [0, 0.05) is 26.7 Å². The van der Waals surface area contributed by atoms with E-state index in [2.05, 4.69) is 41.5 Å². The van der Waals surface area contributed by atoms with E-state index in [0.29, 0.717) is 11.8 Å². The molecular formula is C26H52O5. The number of hydrogen-bond donors (Lipinski definition) is 0. The molecule has 0 bridgehead atoms. The minimum atomic E-state index is -0.160. The highest BCUT2D eigenvalue weighted by Crippen LogP contribution is 2.29. The van der Waals surface area contributed by atoms with Crippen LogP contribution in [0, 0.1) is 23.7 Å². The summed E-state index contributed by atoms with van der Waals surface area (Å²) < 4.78 is 23.7. The van der Waals surface area contributed by atoms with E-state index in [1.807, 2.05) is 13.8 Å². The summed E-state index contributed by atoms with van der Waals surface area (Å²) in [4.78, 5) is 12.4. The van der Waals surface area contributed by atoms with E-state index in [1.54, 1.807) is 14.2 Å². The highest BCUT2D eigenvalue weighted by molar-refractivity contribution is 5.71. The highest BCUT2D eigenvalue weighted by Gasteiger charge is 2.33. The topological polar surface area (TPSA) is 54.0 Å². The Morgan fingerprint density at radius 1 is 0.806 bits per heavy atom. The second-order valence-corrected chi connectivity index (χ2v) is 9.54. The quantitative estimate of drug-likeness (QED) is 0.233. The van der Waals surface area contributed by atoms with Gasteiger partial charge in [0.1, 0.15) is 6.10 Å². The van der Waals surface area contributed by atoms with Crippen molar-refractivity contribution < 1.29 is 23.7 Å². The summed E-state index contributed by atoms with van der Waals surface area (Å²) in [5, 5.41) is 0. The maximum Gasteiger partial charge on any atom is 0.308 e. The monoisotopic (exact) mass is 444 g/mol. The first kappa shape index (κ1) is 30.4. The third-order valence-corrected chi connectivity index (χ3v) is 6.67. The number of hydrogen-bond acceptors (Lipinski definition) is 5. The number of ether oxygens (including phenoxy) is 4. The van der Waals surface area contributed by atoms with Crippen LogP contribution in [0.15, 0.2) is 0 Å². The van der Waals surface area contributed by atoms with E-state index in [9.17, 15) is 4.79 Å². The SMILES string of the molecule is CCCO[C@H](CC)C[C@H](OC)[C@@H](C)CC[C@@H](OC(=O)C(C)C)[C@H](C)[C@H](OC)[C@H](C)CC. The van der Waals surface area contributed by atoms with Gasteiger partial charge in [-0.2, -0.15) is 0 Å². The van der Waals surface area contributed by atoms with Gasteiger partial charge in [0.25, 0.3) is 0 Å². The van der Waals surface area contributed by atoms with E-state index >= 15 is 0 Å². The molecule has 0 aliphatic heterocycles. The van der Waals surface area contributed by atoms with Crippen molar-refractivity contribution in [1.29, 1.82) is 0 Å². The minimum absolute atomic E-state index is 0.0652. The average Bonchev–Trinajstić information content (AvgIpc) is 2.76. The largest absolute Gasteiger partial charge is 0.462 e. The number of rotatable bonds is 18. The molecule has 7 atom stereocenters. The zero-order valence-corrected chi connectivity index (χ0v) is 22.1. The van der Waals surface area contributed by atoms with E-state index < -0.39 is 0 Å². The van der Waals surface area contributed by atoms with Gasteiger partial charge < -0.3 is 18.9 Å². The van der Waals surface area contributed by atoms with Crippen molar-refractivity contribution >= 4 is 5.97 Å². The van der Waals surface area contributed by atoms with Gasteiger partial charge in [-0.1, -0.05) is 61.8 Å². The van der Waals surface area contributed by atoms with Crippen LogP contribution >= 0.6 is 0 Å². The number of esters is 1. The number of methoxy groups -OCH3 is 2. The van der Waals surface area contributed by atoms with E-state index in [-0.39, 0.29) is 42.2 Å². The van der Waals surface area contributed by atoms with Crippen LogP contribution in [0.3, 0.4) is 0 Å². The first-order valence-electron chi connectivity index (χ1n) is 12.5. The number of carbonyl (C=O) groups is 1. The fraction of sp³-hybridized carbons (Fsp3) is 0.962. The summed E-state index contributed by atoms with van der Waals surface area (Å²) in [7, 11) is 3.55. The van der Waals surface area contributed by atoms with Gasteiger partial charge in [-0.3, -0.25) is 4.79 Å². The van der Waals surface area contributed by atoms with Gasteiger partial charge in [0.2, 0.25) is 0 Å². The summed E-state index contributed by atoms with van der Waals surface area (Å²) in [6.07, 6.45) is 5.95. The van der Waals surface area contributed by atoms with E-state index in [4.69, 9.17) is 18.9 Å². The van der Waals surface area contributed by atoms with Gasteiger partial charge in [-0.15, -0.1) is 0 Å². The zero-order chi connectivity index (χ0) is 24.0. The third kappa shape index (κ3) is 11.2. The fourth-order valence-electron chi connectivity index (χ4n) is 4.19. The lowest BCUT2D eigenvalue weighted by molar-refractivity contribution is -0.160. The van der Waals surface area contributed by atoms with Crippen LogP contribution in [-0.2, 0) is 23.7 Å². The van der Waals surface area contributed by atoms with Crippen LogP contribution in [0.25, 0.3) is 0 Å². The summed E-state index contributed by atoms with van der Waals surface area (Å²) in [5.74, 6) is 0.620. The molecule has 0 aliphatic carbocycles. The maximum absolute atomic E-state index is 12.4. The Morgan fingerprint density at radius 3 is 1.90 bits per heavy atom. The molecule has 0 spiro atoms. The van der Waals surface area contributed by atoms with Crippen molar-refractivity contribution in [2.45, 2.75) is 118 Å². The van der Waals surface area contributed by atoms with Crippen molar-refractivity contribution in [2.75, 3.05) is 20.8 Å². The van der Waals surface area contributed by atoms with Crippen LogP contribution in [-0.4, -0.2) is 51.2 Å². The van der Waals surface area contributed by atoms with Crippen molar-refractivity contribution in [3.8, 4) is 0 Å². The Morgan fingerprint density at radius 2 is 1.45 bits per heavy atom. The molecule has 0 aromatic rings. The molecule has 0 N–H and O–H groups in total. The second kappa shape index (κ2) is 16.9. The van der Waals surface area contributed by atoms with Crippen LogP contribution in [0.4, 0.5) is 0 Å². The summed E-state index contributed by atoms with van der Waals surface area (Å²) in [6.45, 7) is 17.6. The van der Waals surface area contributed by atoms with Crippen molar-refractivity contribution in [3.05, 3.63) is 0 Å². The first-order valence-corrected chi connectivity index (χ1v) is 12.5. The molecule has 0 aromatic carbocycles. The molecule has 0 aromatic heterocycles. The molecule has 0 amide bonds. The first-order chi connectivity index (χ1) is 14.7. The average molecular weight is 445 g/mol. The van der Waals surface area contributed by atoms with Gasteiger partial charge in [0.05, 0.1) is 24.2 Å². The predicted molar refractivity (Wildman–Crippen MR) is 128 cm³/mol. The molecule has 0 radical (unpaired) electrons. The van der Waals surface area contributed by atoms with Gasteiger partial charge >= 0.3 is 5.97 Å². The van der Waals surface area contributed by atoms with Crippen molar-refractivity contribution in [1.82, 2.24) is 0 Å². The molecule has 5 heteroatoms. The van der Waals surface area contributed by atoms with Crippen molar-refractivity contribution in [3.63, 3.8) is 0 Å². The van der Waals surface area contributed by atoms with Crippen LogP contribution in [0.5, 0.6) is 0 Å². The second-order valence-electron chi connectivity index (χ2n) is 9.54. The van der Waals surface area contributed by atoms with Crippen LogP contribution in [0.2, 0.25) is 0 Å². The number of carbonyl (C=O) groups excluding carboxylic acids is 1. The summed E-state index contributed by atoms with van der Waals surface area (Å²) in [5.41, 5.74) is 0. The molecular weight excluding hydrogens is 392 g/mol. The lowest BCUT2D eigenvalue weighted by Gasteiger charge is -2.35. The van der Waals surface area contributed by atoms with Gasteiger partial charge in [0.15, 0.2) is 0 Å². The molecule has 0 aliphatic rings. The smallest absolute Gasteiger partial charge is 0.308 e. The molecule has 0 rings (SSSR count). The Labute approximate surface area is 192 Å². The van der Waals surface area contributed by atoms with E-state index in [0.717, 1.165) is 45.1 Å². The Kier molecular flexibility index (Phi) is 16.6. The molecule has 0 saturated heterocycles. The van der Waals surface area contributed by atoms with Crippen molar-refractivity contribution in [2.24, 2.45) is 23.7 Å². The Bertz CT molecular complexity index is 453. The third-order valence-electron chi connectivity index (χ3n) is 6.67. The molecule has 0 unspecified atom stereocenters. The minimum Gasteiger partial charge on any atom is -0.462 e. The molecule has 31 heavy (non-hydrogen) atoms. The molecule has 0 heterocycles. The molecule has 186 valence electrons. The lowest BCUT2D eigenvalue weighted by atomic mass is 9.84.